The van der Waals surface area contributed by atoms with Crippen LogP contribution in [0.15, 0.2) is 30.5 Å². The molecule has 2 atom stereocenters. The van der Waals surface area contributed by atoms with Crippen molar-refractivity contribution < 1.29 is 4.74 Å². The van der Waals surface area contributed by atoms with E-state index in [0.717, 1.165) is 36.1 Å². The number of benzene rings is 1. The van der Waals surface area contributed by atoms with Gasteiger partial charge in [-0.3, -0.25) is 4.98 Å². The standard InChI is InChI=1S/C18H23N3O/c1-2-6-18-17(5-1)19-12-14(20-18)11-15-7-8-16(22-15)13-21-9-3-4-10-21/h1-2,5-6,12,15-16H,3-4,7-11,13H2/t15-,16+/m0/s1. The molecule has 2 aromatic rings. The van der Waals surface area contributed by atoms with Crippen molar-refractivity contribution in [1.29, 1.82) is 0 Å². The number of rotatable bonds is 4. The third kappa shape index (κ3) is 3.13. The van der Waals surface area contributed by atoms with Crippen LogP contribution in [-0.4, -0.2) is 46.7 Å². The molecule has 1 aromatic carbocycles. The lowest BCUT2D eigenvalue weighted by Crippen LogP contribution is -2.30. The van der Waals surface area contributed by atoms with Crippen molar-refractivity contribution in [2.75, 3.05) is 19.6 Å². The summed E-state index contributed by atoms with van der Waals surface area (Å²) in [6, 6.07) is 8.04. The first kappa shape index (κ1) is 14.1. The third-order valence-electron chi connectivity index (χ3n) is 4.79. The maximum atomic E-state index is 6.23. The van der Waals surface area contributed by atoms with E-state index in [9.17, 15) is 0 Å². The van der Waals surface area contributed by atoms with Gasteiger partial charge in [0.1, 0.15) is 0 Å². The van der Waals surface area contributed by atoms with Gasteiger partial charge in [0.15, 0.2) is 0 Å². The summed E-state index contributed by atoms with van der Waals surface area (Å²) in [5.41, 5.74) is 2.99. The molecule has 2 aliphatic heterocycles. The number of hydrogen-bond donors (Lipinski definition) is 0. The molecule has 2 aliphatic rings. The molecule has 4 nitrogen and oxygen atoms in total. The quantitative estimate of drug-likeness (QED) is 0.870. The van der Waals surface area contributed by atoms with Crippen molar-refractivity contribution in [3.05, 3.63) is 36.2 Å². The van der Waals surface area contributed by atoms with Gasteiger partial charge in [-0.15, -0.1) is 0 Å². The van der Waals surface area contributed by atoms with Gasteiger partial charge < -0.3 is 9.64 Å². The minimum Gasteiger partial charge on any atom is -0.373 e. The molecular weight excluding hydrogens is 274 g/mol. The SMILES string of the molecule is c1ccc2nc(C[C@@H]3CC[C@H](CN4CCCC4)O3)cnc2c1. The van der Waals surface area contributed by atoms with E-state index in [-0.39, 0.29) is 0 Å². The van der Waals surface area contributed by atoms with Gasteiger partial charge in [0.05, 0.1) is 28.9 Å². The zero-order valence-electron chi connectivity index (χ0n) is 12.9. The van der Waals surface area contributed by atoms with Crippen LogP contribution in [0.1, 0.15) is 31.4 Å². The first-order chi connectivity index (χ1) is 10.9. The second-order valence-electron chi connectivity index (χ2n) is 6.52. The summed E-state index contributed by atoms with van der Waals surface area (Å²) >= 11 is 0. The Morgan fingerprint density at radius 2 is 1.82 bits per heavy atom. The highest BCUT2D eigenvalue weighted by molar-refractivity contribution is 5.73. The molecule has 0 bridgehead atoms. The third-order valence-corrected chi connectivity index (χ3v) is 4.79. The maximum Gasteiger partial charge on any atom is 0.0890 e. The van der Waals surface area contributed by atoms with Crippen molar-refractivity contribution in [2.45, 2.75) is 44.3 Å². The lowest BCUT2D eigenvalue weighted by molar-refractivity contribution is 0.0271. The zero-order valence-corrected chi connectivity index (χ0v) is 12.9. The van der Waals surface area contributed by atoms with E-state index in [1.54, 1.807) is 0 Å². The Kier molecular flexibility index (Phi) is 4.04. The molecule has 4 rings (SSSR count). The van der Waals surface area contributed by atoms with Gasteiger partial charge in [-0.2, -0.15) is 0 Å². The molecule has 0 saturated carbocycles. The number of hydrogen-bond acceptors (Lipinski definition) is 4. The number of para-hydroxylation sites is 2. The summed E-state index contributed by atoms with van der Waals surface area (Å²) in [6.07, 6.45) is 8.54. The van der Waals surface area contributed by atoms with E-state index in [0.29, 0.717) is 12.2 Å². The van der Waals surface area contributed by atoms with Gasteiger partial charge in [-0.25, -0.2) is 4.98 Å². The normalized spacial score (nSPS) is 26.0. The van der Waals surface area contributed by atoms with E-state index in [1.165, 1.54) is 32.4 Å². The highest BCUT2D eigenvalue weighted by atomic mass is 16.5. The number of aromatic nitrogens is 2. The fourth-order valence-corrected chi connectivity index (χ4v) is 3.64. The zero-order chi connectivity index (χ0) is 14.8. The van der Waals surface area contributed by atoms with Crippen LogP contribution >= 0.6 is 0 Å². The highest BCUT2D eigenvalue weighted by Gasteiger charge is 2.28. The second-order valence-corrected chi connectivity index (χ2v) is 6.52. The van der Waals surface area contributed by atoms with Gasteiger partial charge in [-0.05, 0) is 50.9 Å². The lowest BCUT2D eigenvalue weighted by atomic mass is 10.1. The van der Waals surface area contributed by atoms with Crippen LogP contribution < -0.4 is 0 Å². The van der Waals surface area contributed by atoms with Crippen molar-refractivity contribution in [3.63, 3.8) is 0 Å². The van der Waals surface area contributed by atoms with Gasteiger partial charge in [-0.1, -0.05) is 12.1 Å². The molecule has 1 aromatic heterocycles. The molecule has 0 radical (unpaired) electrons. The Bertz CT molecular complexity index is 639. The number of likely N-dealkylation sites (tertiary alicyclic amines) is 1. The predicted molar refractivity (Wildman–Crippen MR) is 86.8 cm³/mol. The van der Waals surface area contributed by atoms with Crippen LogP contribution in [0, 0.1) is 0 Å². The Morgan fingerprint density at radius 1 is 1.05 bits per heavy atom. The molecule has 0 N–H and O–H groups in total. The molecule has 0 spiro atoms. The first-order valence-corrected chi connectivity index (χ1v) is 8.45. The van der Waals surface area contributed by atoms with Crippen LogP contribution in [0.5, 0.6) is 0 Å². The van der Waals surface area contributed by atoms with E-state index in [1.807, 2.05) is 30.5 Å². The number of fused-ring (bicyclic) bond motifs is 1. The summed E-state index contributed by atoms with van der Waals surface area (Å²) in [6.45, 7) is 3.61. The van der Waals surface area contributed by atoms with E-state index >= 15 is 0 Å². The minimum atomic E-state index is 0.308. The molecular formula is C18H23N3O. The highest BCUT2D eigenvalue weighted by Crippen LogP contribution is 2.24. The molecule has 4 heteroatoms. The van der Waals surface area contributed by atoms with Crippen LogP contribution in [0.2, 0.25) is 0 Å². The minimum absolute atomic E-state index is 0.308. The largest absolute Gasteiger partial charge is 0.373 e. The van der Waals surface area contributed by atoms with Crippen LogP contribution in [0.3, 0.4) is 0 Å². The summed E-state index contributed by atoms with van der Waals surface area (Å²) in [5, 5.41) is 0. The molecule has 22 heavy (non-hydrogen) atoms. The van der Waals surface area contributed by atoms with Crippen molar-refractivity contribution in [3.8, 4) is 0 Å². The Morgan fingerprint density at radius 3 is 2.68 bits per heavy atom. The van der Waals surface area contributed by atoms with Gasteiger partial charge in [0.25, 0.3) is 0 Å². The monoisotopic (exact) mass is 297 g/mol. The van der Waals surface area contributed by atoms with Gasteiger partial charge in [0.2, 0.25) is 0 Å². The molecule has 0 unspecified atom stereocenters. The predicted octanol–water partition coefficient (Wildman–Crippen LogP) is 2.82. The number of ether oxygens (including phenoxy) is 1. The summed E-state index contributed by atoms with van der Waals surface area (Å²) in [5.74, 6) is 0. The van der Waals surface area contributed by atoms with Crippen molar-refractivity contribution in [1.82, 2.24) is 14.9 Å². The average Bonchev–Trinajstić information content (AvgIpc) is 3.20. The molecule has 116 valence electrons. The Labute approximate surface area is 131 Å². The van der Waals surface area contributed by atoms with E-state index < -0.39 is 0 Å². The lowest BCUT2D eigenvalue weighted by Gasteiger charge is -2.20. The first-order valence-electron chi connectivity index (χ1n) is 8.45. The van der Waals surface area contributed by atoms with Crippen molar-refractivity contribution in [2.24, 2.45) is 0 Å². The molecule has 2 fully saturated rings. The molecule has 0 aliphatic carbocycles. The second kappa shape index (κ2) is 6.31. The fourth-order valence-electron chi connectivity index (χ4n) is 3.64. The Balaban J connectivity index is 1.36. The summed E-state index contributed by atoms with van der Waals surface area (Å²) in [4.78, 5) is 11.8. The van der Waals surface area contributed by atoms with Crippen LogP contribution in [0.25, 0.3) is 11.0 Å². The fraction of sp³-hybridized carbons (Fsp3) is 0.556. The molecule has 0 amide bonds. The van der Waals surface area contributed by atoms with Gasteiger partial charge >= 0.3 is 0 Å². The maximum absolute atomic E-state index is 6.23. The Hall–Kier alpha value is -1.52. The van der Waals surface area contributed by atoms with E-state index in [4.69, 9.17) is 9.72 Å². The average molecular weight is 297 g/mol. The van der Waals surface area contributed by atoms with E-state index in [2.05, 4.69) is 9.88 Å². The summed E-state index contributed by atoms with van der Waals surface area (Å²) in [7, 11) is 0. The van der Waals surface area contributed by atoms with Crippen LogP contribution in [0.4, 0.5) is 0 Å². The number of nitrogens with zero attached hydrogens (tertiary/aromatic N) is 3. The van der Waals surface area contributed by atoms with Crippen molar-refractivity contribution >= 4 is 11.0 Å². The molecule has 3 heterocycles. The smallest absolute Gasteiger partial charge is 0.0890 e. The topological polar surface area (TPSA) is 38.2 Å². The molecule has 2 saturated heterocycles. The summed E-state index contributed by atoms with van der Waals surface area (Å²) < 4.78 is 6.23. The van der Waals surface area contributed by atoms with Crippen LogP contribution in [-0.2, 0) is 11.2 Å². The van der Waals surface area contributed by atoms with Gasteiger partial charge in [0, 0.05) is 19.2 Å².